The minimum atomic E-state index is -0.615. The molecule has 8 heteroatoms. The van der Waals surface area contributed by atoms with Crippen molar-refractivity contribution < 1.29 is 9.53 Å². The molecule has 25 heavy (non-hydrogen) atoms. The van der Waals surface area contributed by atoms with E-state index < -0.39 is 11.7 Å². The molecule has 138 valence electrons. The average Bonchev–Trinajstić information content (AvgIpc) is 2.89. The molecule has 0 spiro atoms. The van der Waals surface area contributed by atoms with Crippen molar-refractivity contribution in [1.82, 2.24) is 19.5 Å². The summed E-state index contributed by atoms with van der Waals surface area (Å²) >= 11 is 6.30. The molecule has 2 aromatic rings. The van der Waals surface area contributed by atoms with E-state index in [9.17, 15) is 4.79 Å². The molecule has 2 aromatic heterocycles. The van der Waals surface area contributed by atoms with E-state index in [0.29, 0.717) is 11.2 Å². The lowest BCUT2D eigenvalue weighted by Gasteiger charge is -2.29. The van der Waals surface area contributed by atoms with Gasteiger partial charge in [-0.2, -0.15) is 9.97 Å². The molecule has 0 bridgehead atoms. The Morgan fingerprint density at radius 3 is 2.48 bits per heavy atom. The summed E-state index contributed by atoms with van der Waals surface area (Å²) in [5, 5.41) is 0.219. The third-order valence-electron chi connectivity index (χ3n) is 3.76. The van der Waals surface area contributed by atoms with E-state index >= 15 is 0 Å². The summed E-state index contributed by atoms with van der Waals surface area (Å²) in [6.07, 6.45) is 1.91. The SMILES string of the molecule is CCC(C)N(C(=O)OC(C)(C)C)c1nc(Cl)c2ncn(C(C)C)c2n1. The fraction of sp³-hybridized carbons (Fsp3) is 0.647. The van der Waals surface area contributed by atoms with Crippen molar-refractivity contribution in [2.75, 3.05) is 4.90 Å². The molecule has 0 aliphatic heterocycles. The quantitative estimate of drug-likeness (QED) is 0.738. The van der Waals surface area contributed by atoms with E-state index in [1.807, 2.05) is 53.0 Å². The minimum Gasteiger partial charge on any atom is -0.443 e. The van der Waals surface area contributed by atoms with Gasteiger partial charge < -0.3 is 9.30 Å². The molecule has 2 heterocycles. The summed E-state index contributed by atoms with van der Waals surface area (Å²) in [7, 11) is 0. The van der Waals surface area contributed by atoms with Crippen molar-refractivity contribution in [3.05, 3.63) is 11.5 Å². The normalized spacial score (nSPS) is 13.3. The van der Waals surface area contributed by atoms with Gasteiger partial charge in [0.25, 0.3) is 0 Å². The lowest BCUT2D eigenvalue weighted by atomic mass is 10.2. The summed E-state index contributed by atoms with van der Waals surface area (Å²) in [4.78, 5) is 27.3. The second-order valence-corrected chi connectivity index (χ2v) is 7.70. The number of imidazole rings is 1. The topological polar surface area (TPSA) is 73.1 Å². The Balaban J connectivity index is 2.57. The molecule has 0 aliphatic rings. The van der Waals surface area contributed by atoms with Gasteiger partial charge in [-0.05, 0) is 48.0 Å². The van der Waals surface area contributed by atoms with E-state index in [1.165, 1.54) is 4.90 Å². The highest BCUT2D eigenvalue weighted by Crippen LogP contribution is 2.26. The maximum absolute atomic E-state index is 12.7. The van der Waals surface area contributed by atoms with Gasteiger partial charge in [0, 0.05) is 12.1 Å². The number of hydrogen-bond acceptors (Lipinski definition) is 5. The van der Waals surface area contributed by atoms with Crippen molar-refractivity contribution in [3.63, 3.8) is 0 Å². The molecule has 0 aromatic carbocycles. The number of fused-ring (bicyclic) bond motifs is 1. The van der Waals surface area contributed by atoms with Gasteiger partial charge in [-0.15, -0.1) is 0 Å². The van der Waals surface area contributed by atoms with Crippen LogP contribution in [0.2, 0.25) is 5.15 Å². The van der Waals surface area contributed by atoms with E-state index in [-0.39, 0.29) is 23.2 Å². The monoisotopic (exact) mass is 367 g/mol. The highest BCUT2D eigenvalue weighted by Gasteiger charge is 2.30. The van der Waals surface area contributed by atoms with Crippen LogP contribution in [0.3, 0.4) is 0 Å². The minimum absolute atomic E-state index is 0.140. The van der Waals surface area contributed by atoms with Crippen LogP contribution in [-0.2, 0) is 4.74 Å². The molecule has 1 atom stereocenters. The first-order valence-corrected chi connectivity index (χ1v) is 8.85. The molecule has 1 amide bonds. The summed E-state index contributed by atoms with van der Waals surface area (Å²) in [6.45, 7) is 13.4. The molecule has 1 unspecified atom stereocenters. The first kappa shape index (κ1) is 19.4. The highest BCUT2D eigenvalue weighted by atomic mass is 35.5. The van der Waals surface area contributed by atoms with Crippen LogP contribution in [0.1, 0.15) is 60.9 Å². The second-order valence-electron chi connectivity index (χ2n) is 7.34. The van der Waals surface area contributed by atoms with Gasteiger partial charge >= 0.3 is 6.09 Å². The number of carbonyl (C=O) groups is 1. The smallest absolute Gasteiger partial charge is 0.417 e. The highest BCUT2D eigenvalue weighted by molar-refractivity contribution is 6.33. The summed E-state index contributed by atoms with van der Waals surface area (Å²) in [5.41, 5.74) is 0.505. The average molecular weight is 368 g/mol. The number of aromatic nitrogens is 4. The van der Waals surface area contributed by atoms with E-state index in [0.717, 1.165) is 6.42 Å². The zero-order valence-electron chi connectivity index (χ0n) is 15.9. The van der Waals surface area contributed by atoms with Crippen molar-refractivity contribution >= 4 is 34.8 Å². The summed E-state index contributed by atoms with van der Waals surface area (Å²) < 4.78 is 7.43. The molecule has 0 aliphatic carbocycles. The lowest BCUT2D eigenvalue weighted by Crippen LogP contribution is -2.43. The van der Waals surface area contributed by atoms with E-state index in [1.54, 1.807) is 6.33 Å². The Morgan fingerprint density at radius 1 is 1.32 bits per heavy atom. The zero-order chi connectivity index (χ0) is 18.9. The first-order valence-electron chi connectivity index (χ1n) is 8.47. The molecular formula is C17H26ClN5O2. The van der Waals surface area contributed by atoms with Crippen LogP contribution in [0.25, 0.3) is 11.2 Å². The zero-order valence-corrected chi connectivity index (χ0v) is 16.6. The van der Waals surface area contributed by atoms with Gasteiger partial charge in [-0.1, -0.05) is 18.5 Å². The Bertz CT molecular complexity index is 766. The third-order valence-corrected chi connectivity index (χ3v) is 4.02. The number of ether oxygens (including phenoxy) is 1. The van der Waals surface area contributed by atoms with Crippen molar-refractivity contribution in [2.45, 2.75) is 72.6 Å². The van der Waals surface area contributed by atoms with Crippen LogP contribution in [0.4, 0.5) is 10.7 Å². The molecule has 0 radical (unpaired) electrons. The van der Waals surface area contributed by atoms with Crippen LogP contribution in [-0.4, -0.2) is 37.3 Å². The summed E-state index contributed by atoms with van der Waals surface area (Å²) in [5.74, 6) is 0.225. The molecular weight excluding hydrogens is 342 g/mol. The standard InChI is InChI=1S/C17H26ClN5O2/c1-8-11(4)23(16(24)25-17(5,6)7)15-20-13(18)12-14(21-15)22(9-19-12)10(2)3/h9-11H,8H2,1-7H3. The lowest BCUT2D eigenvalue weighted by molar-refractivity contribution is 0.0564. The number of anilines is 1. The molecule has 0 fully saturated rings. The number of amides is 1. The number of rotatable bonds is 4. The molecule has 0 saturated heterocycles. The Kier molecular flexibility index (Phi) is 5.56. The Hall–Kier alpha value is -1.89. The Labute approximate surface area is 153 Å². The largest absolute Gasteiger partial charge is 0.443 e. The van der Waals surface area contributed by atoms with Crippen LogP contribution < -0.4 is 4.90 Å². The van der Waals surface area contributed by atoms with Gasteiger partial charge in [0.15, 0.2) is 10.8 Å². The molecule has 7 nitrogen and oxygen atoms in total. The van der Waals surface area contributed by atoms with Crippen LogP contribution >= 0.6 is 11.6 Å². The number of carbonyl (C=O) groups excluding carboxylic acids is 1. The van der Waals surface area contributed by atoms with Gasteiger partial charge in [0.05, 0.1) is 6.33 Å². The second kappa shape index (κ2) is 7.15. The number of halogens is 1. The van der Waals surface area contributed by atoms with Crippen LogP contribution in [0, 0.1) is 0 Å². The first-order chi connectivity index (χ1) is 11.5. The fourth-order valence-electron chi connectivity index (χ4n) is 2.31. The van der Waals surface area contributed by atoms with E-state index in [2.05, 4.69) is 15.0 Å². The third kappa shape index (κ3) is 4.21. The fourth-order valence-corrected chi connectivity index (χ4v) is 2.52. The molecule has 0 N–H and O–H groups in total. The maximum Gasteiger partial charge on any atom is 0.417 e. The predicted octanol–water partition coefficient (Wildman–Crippen LogP) is 4.60. The number of nitrogens with zero attached hydrogens (tertiary/aromatic N) is 5. The predicted molar refractivity (Wildman–Crippen MR) is 99.2 cm³/mol. The van der Waals surface area contributed by atoms with Gasteiger partial charge in [0.1, 0.15) is 11.1 Å². The molecule has 2 rings (SSSR count). The van der Waals surface area contributed by atoms with Gasteiger partial charge in [0.2, 0.25) is 5.95 Å². The van der Waals surface area contributed by atoms with Crippen molar-refractivity contribution in [1.29, 1.82) is 0 Å². The maximum atomic E-state index is 12.7. The van der Waals surface area contributed by atoms with E-state index in [4.69, 9.17) is 16.3 Å². The van der Waals surface area contributed by atoms with Crippen molar-refractivity contribution in [2.24, 2.45) is 0 Å². The van der Waals surface area contributed by atoms with Crippen LogP contribution in [0.5, 0.6) is 0 Å². The number of hydrogen-bond donors (Lipinski definition) is 0. The van der Waals surface area contributed by atoms with Gasteiger partial charge in [-0.3, -0.25) is 0 Å². The van der Waals surface area contributed by atoms with Crippen LogP contribution in [0.15, 0.2) is 6.33 Å². The Morgan fingerprint density at radius 2 is 1.96 bits per heavy atom. The van der Waals surface area contributed by atoms with Gasteiger partial charge in [-0.25, -0.2) is 14.7 Å². The molecule has 0 saturated carbocycles. The van der Waals surface area contributed by atoms with Crippen molar-refractivity contribution in [3.8, 4) is 0 Å². The summed E-state index contributed by atoms with van der Waals surface area (Å²) in [6, 6.07) is 0.0150.